The van der Waals surface area contributed by atoms with Crippen LogP contribution < -0.4 is 16.0 Å². The molecule has 33 heavy (non-hydrogen) atoms. The summed E-state index contributed by atoms with van der Waals surface area (Å²) in [6.07, 6.45) is 4.44. The van der Waals surface area contributed by atoms with Gasteiger partial charge in [0, 0.05) is 35.3 Å². The lowest BCUT2D eigenvalue weighted by atomic mass is 10.2. The number of carbonyl (C=O) groups is 1. The third kappa shape index (κ3) is 6.20. The Labute approximate surface area is 190 Å². The number of nitrogens with zero attached hydrogens (tertiary/aromatic N) is 3. The molecule has 0 radical (unpaired) electrons. The molecule has 0 saturated carbocycles. The Hall–Kier alpha value is -4.59. The van der Waals surface area contributed by atoms with Crippen LogP contribution in [-0.4, -0.2) is 20.9 Å². The fraction of sp³-hybridized carbons (Fsp3) is 0.0400. The summed E-state index contributed by atoms with van der Waals surface area (Å²) in [4.78, 5) is 25.2. The van der Waals surface area contributed by atoms with Crippen LogP contribution >= 0.6 is 0 Å². The van der Waals surface area contributed by atoms with Crippen LogP contribution in [0.3, 0.4) is 0 Å². The molecule has 4 aromatic rings. The molecule has 0 aliphatic rings. The van der Waals surface area contributed by atoms with Crippen LogP contribution in [0.4, 0.5) is 33.2 Å². The molecule has 0 fully saturated rings. The summed E-state index contributed by atoms with van der Waals surface area (Å²) in [7, 11) is 0. The first kappa shape index (κ1) is 21.6. The molecule has 7 nitrogen and oxygen atoms in total. The van der Waals surface area contributed by atoms with E-state index in [1.54, 1.807) is 42.6 Å². The van der Waals surface area contributed by atoms with Crippen molar-refractivity contribution in [2.24, 2.45) is 0 Å². The molecular formula is C25H21FN6O. The smallest absolute Gasteiger partial charge is 0.248 e. The highest BCUT2D eigenvalue weighted by atomic mass is 19.1. The maximum absolute atomic E-state index is 13.6. The van der Waals surface area contributed by atoms with Crippen molar-refractivity contribution in [2.45, 2.75) is 6.92 Å². The van der Waals surface area contributed by atoms with Gasteiger partial charge < -0.3 is 16.0 Å². The Morgan fingerprint density at radius 2 is 1.55 bits per heavy atom. The van der Waals surface area contributed by atoms with Crippen molar-refractivity contribution in [3.63, 3.8) is 0 Å². The number of amides is 1. The molecule has 8 heteroatoms. The monoisotopic (exact) mass is 440 g/mol. The molecule has 0 saturated heterocycles. The van der Waals surface area contributed by atoms with Gasteiger partial charge in [-0.2, -0.15) is 0 Å². The van der Waals surface area contributed by atoms with Gasteiger partial charge in [0.1, 0.15) is 29.1 Å². The largest absolute Gasteiger partial charge is 0.340 e. The van der Waals surface area contributed by atoms with Crippen LogP contribution in [0.15, 0.2) is 85.1 Å². The molecule has 0 spiro atoms. The van der Waals surface area contributed by atoms with Gasteiger partial charge in [0.05, 0.1) is 0 Å². The van der Waals surface area contributed by atoms with Gasteiger partial charge >= 0.3 is 0 Å². The topological polar surface area (TPSA) is 91.8 Å². The molecule has 0 unspecified atom stereocenters. The van der Waals surface area contributed by atoms with Gasteiger partial charge in [-0.05, 0) is 55.5 Å². The molecule has 0 aliphatic heterocycles. The minimum absolute atomic E-state index is 0.351. The molecule has 1 amide bonds. The number of halogens is 1. The van der Waals surface area contributed by atoms with E-state index in [4.69, 9.17) is 0 Å². The summed E-state index contributed by atoms with van der Waals surface area (Å²) < 4.78 is 13.6. The van der Waals surface area contributed by atoms with Gasteiger partial charge in [0.25, 0.3) is 0 Å². The summed E-state index contributed by atoms with van der Waals surface area (Å²) in [6.45, 7) is 1.81. The van der Waals surface area contributed by atoms with E-state index < -0.39 is 0 Å². The first-order valence-electron chi connectivity index (χ1n) is 10.2. The number of aryl methyl sites for hydroxylation is 1. The summed E-state index contributed by atoms with van der Waals surface area (Å²) in [5.41, 5.74) is 1.75. The Bertz CT molecular complexity index is 1280. The number of rotatable bonds is 7. The molecule has 2 aromatic heterocycles. The molecule has 0 aliphatic carbocycles. The Kier molecular flexibility index (Phi) is 6.65. The number of pyridine rings is 1. The fourth-order valence-electron chi connectivity index (χ4n) is 3.01. The van der Waals surface area contributed by atoms with Crippen molar-refractivity contribution in [3.05, 3.63) is 102 Å². The van der Waals surface area contributed by atoms with Crippen molar-refractivity contribution < 1.29 is 9.18 Å². The van der Waals surface area contributed by atoms with Gasteiger partial charge in [-0.15, -0.1) is 0 Å². The first-order chi connectivity index (χ1) is 16.0. The van der Waals surface area contributed by atoms with E-state index in [1.165, 1.54) is 18.2 Å². The summed E-state index contributed by atoms with van der Waals surface area (Å²) in [6, 6.07) is 20.8. The van der Waals surface area contributed by atoms with Gasteiger partial charge in [-0.3, -0.25) is 4.79 Å². The second-order valence-corrected chi connectivity index (χ2v) is 7.07. The third-order valence-corrected chi connectivity index (χ3v) is 4.50. The van der Waals surface area contributed by atoms with E-state index in [1.807, 2.05) is 37.3 Å². The number of aromatic nitrogens is 3. The van der Waals surface area contributed by atoms with Gasteiger partial charge in [0.15, 0.2) is 0 Å². The fourth-order valence-corrected chi connectivity index (χ4v) is 3.01. The lowest BCUT2D eigenvalue weighted by Crippen LogP contribution is -2.07. The molecule has 2 aromatic carbocycles. The number of hydrogen-bond donors (Lipinski definition) is 3. The van der Waals surface area contributed by atoms with E-state index in [0.717, 1.165) is 5.69 Å². The number of nitrogens with one attached hydrogen (secondary N) is 3. The lowest BCUT2D eigenvalue weighted by Gasteiger charge is -2.10. The molecule has 3 N–H and O–H groups in total. The third-order valence-electron chi connectivity index (χ3n) is 4.50. The zero-order valence-corrected chi connectivity index (χ0v) is 17.8. The van der Waals surface area contributed by atoms with Crippen molar-refractivity contribution in [3.8, 4) is 0 Å². The standard InChI is InChI=1S/C25H21FN6O/c1-17-28-23(16-24(29-17)32-22-8-4-5-15-27-22)30-19-10-12-20(13-11-19)31-25(33)14-9-18-6-2-3-7-21(18)26/h2-16H,1H3,(H,31,33)(H2,27,28,29,30,32)/b14-9+. The molecule has 164 valence electrons. The quantitative estimate of drug-likeness (QED) is 0.331. The van der Waals surface area contributed by atoms with Gasteiger partial charge in [-0.25, -0.2) is 19.3 Å². The normalized spacial score (nSPS) is 10.7. The van der Waals surface area contributed by atoms with E-state index in [0.29, 0.717) is 34.5 Å². The number of anilines is 5. The Morgan fingerprint density at radius 3 is 2.27 bits per heavy atom. The summed E-state index contributed by atoms with van der Waals surface area (Å²) in [5.74, 6) is 1.79. The lowest BCUT2D eigenvalue weighted by molar-refractivity contribution is -0.111. The van der Waals surface area contributed by atoms with Crippen LogP contribution in [0, 0.1) is 12.7 Å². The minimum Gasteiger partial charge on any atom is -0.340 e. The number of hydrogen-bond acceptors (Lipinski definition) is 6. The van der Waals surface area contributed by atoms with Crippen molar-refractivity contribution in [2.75, 3.05) is 16.0 Å². The van der Waals surface area contributed by atoms with Crippen molar-refractivity contribution >= 4 is 40.8 Å². The summed E-state index contributed by atoms with van der Waals surface area (Å²) >= 11 is 0. The van der Waals surface area contributed by atoms with Crippen LogP contribution in [0.2, 0.25) is 0 Å². The molecular weight excluding hydrogens is 419 g/mol. The van der Waals surface area contributed by atoms with Crippen molar-refractivity contribution in [1.29, 1.82) is 0 Å². The zero-order chi connectivity index (χ0) is 23.0. The predicted octanol–water partition coefficient (Wildman–Crippen LogP) is 5.46. The molecule has 0 atom stereocenters. The van der Waals surface area contributed by atoms with E-state index in [2.05, 4.69) is 30.9 Å². The molecule has 0 bridgehead atoms. The van der Waals surface area contributed by atoms with Gasteiger partial charge in [0.2, 0.25) is 5.91 Å². The highest BCUT2D eigenvalue weighted by Gasteiger charge is 2.05. The van der Waals surface area contributed by atoms with E-state index >= 15 is 0 Å². The van der Waals surface area contributed by atoms with Gasteiger partial charge in [-0.1, -0.05) is 24.3 Å². The first-order valence-corrected chi connectivity index (χ1v) is 10.2. The SMILES string of the molecule is Cc1nc(Nc2ccc(NC(=O)/C=C/c3ccccc3F)cc2)cc(Nc2ccccn2)n1. The molecule has 2 heterocycles. The van der Waals surface area contributed by atoms with Crippen LogP contribution in [-0.2, 0) is 4.79 Å². The zero-order valence-electron chi connectivity index (χ0n) is 17.8. The van der Waals surface area contributed by atoms with Crippen molar-refractivity contribution in [1.82, 2.24) is 15.0 Å². The second-order valence-electron chi connectivity index (χ2n) is 7.07. The highest BCUT2D eigenvalue weighted by molar-refractivity contribution is 6.02. The second kappa shape index (κ2) is 10.1. The Balaban J connectivity index is 1.38. The number of benzene rings is 2. The maximum Gasteiger partial charge on any atom is 0.248 e. The average molecular weight is 440 g/mol. The highest BCUT2D eigenvalue weighted by Crippen LogP contribution is 2.21. The van der Waals surface area contributed by atoms with Crippen LogP contribution in [0.5, 0.6) is 0 Å². The van der Waals surface area contributed by atoms with E-state index in [9.17, 15) is 9.18 Å². The summed E-state index contributed by atoms with van der Waals surface area (Å²) in [5, 5.41) is 9.12. The molecule has 4 rings (SSSR count). The van der Waals surface area contributed by atoms with Crippen LogP contribution in [0.1, 0.15) is 11.4 Å². The number of carbonyl (C=O) groups excluding carboxylic acids is 1. The minimum atomic E-state index is -0.379. The predicted molar refractivity (Wildman–Crippen MR) is 128 cm³/mol. The van der Waals surface area contributed by atoms with E-state index in [-0.39, 0.29) is 11.7 Å². The maximum atomic E-state index is 13.6. The average Bonchev–Trinajstić information content (AvgIpc) is 2.80. The van der Waals surface area contributed by atoms with Crippen LogP contribution in [0.25, 0.3) is 6.08 Å². The Morgan fingerprint density at radius 1 is 0.848 bits per heavy atom.